The quantitative estimate of drug-likeness (QED) is 0.814. The Morgan fingerprint density at radius 1 is 1.08 bits per heavy atom. The summed E-state index contributed by atoms with van der Waals surface area (Å²) in [5, 5.41) is 5.87. The van der Waals surface area contributed by atoms with E-state index < -0.39 is 0 Å². The first-order valence-corrected chi connectivity index (χ1v) is 8.69. The number of anilines is 1. The van der Waals surface area contributed by atoms with E-state index in [-0.39, 0.29) is 30.7 Å². The van der Waals surface area contributed by atoms with E-state index >= 15 is 0 Å². The number of amides is 2. The lowest BCUT2D eigenvalue weighted by molar-refractivity contribution is -0.125. The molecule has 3 rings (SSSR count). The highest BCUT2D eigenvalue weighted by atomic mass is 16.2. The van der Waals surface area contributed by atoms with Crippen molar-refractivity contribution in [1.29, 1.82) is 0 Å². The third kappa shape index (κ3) is 4.89. The van der Waals surface area contributed by atoms with Gasteiger partial charge in [-0.15, -0.1) is 0 Å². The van der Waals surface area contributed by atoms with Crippen molar-refractivity contribution in [3.8, 4) is 0 Å². The number of para-hydroxylation sites is 1. The van der Waals surface area contributed by atoms with Crippen LogP contribution in [0.3, 0.4) is 0 Å². The highest BCUT2D eigenvalue weighted by molar-refractivity contribution is 5.93. The molecule has 2 aromatic rings. The normalized spacial score (nSPS) is 14.6. The number of nitrogens with one attached hydrogen (secondary N) is 2. The van der Waals surface area contributed by atoms with Crippen molar-refractivity contribution >= 4 is 17.5 Å². The Bertz CT molecular complexity index is 742. The summed E-state index contributed by atoms with van der Waals surface area (Å²) in [6, 6.07) is 13.1. The van der Waals surface area contributed by atoms with Crippen LogP contribution in [0, 0.1) is 12.8 Å². The Morgan fingerprint density at radius 3 is 2.48 bits per heavy atom. The van der Waals surface area contributed by atoms with Crippen LogP contribution < -0.4 is 10.6 Å². The number of aryl methyl sites for hydroxylation is 1. The first kappa shape index (κ1) is 17.1. The van der Waals surface area contributed by atoms with Crippen molar-refractivity contribution in [3.63, 3.8) is 0 Å². The number of hydrogen-bond donors (Lipinski definition) is 2. The van der Waals surface area contributed by atoms with E-state index in [1.807, 2.05) is 49.4 Å². The molecule has 25 heavy (non-hydrogen) atoms. The SMILES string of the molecule is Cc1cccnc1[C@H](NC(=O)CCC(=O)Nc1ccccc1)C1CC1. The molecule has 0 saturated heterocycles. The standard InChI is InChI=1S/C20H23N3O2/c1-14-6-5-13-21-19(14)20(15-9-10-15)23-18(25)12-11-17(24)22-16-7-3-2-4-8-16/h2-8,13,15,20H,9-12H2,1H3,(H,22,24)(H,23,25)/t20-/m1/s1. The summed E-state index contributed by atoms with van der Waals surface area (Å²) in [5.41, 5.74) is 2.77. The maximum atomic E-state index is 12.3. The van der Waals surface area contributed by atoms with E-state index in [4.69, 9.17) is 0 Å². The molecule has 1 fully saturated rings. The Balaban J connectivity index is 1.52. The minimum absolute atomic E-state index is 0.0501. The van der Waals surface area contributed by atoms with E-state index in [1.165, 1.54) is 0 Å². The zero-order valence-electron chi connectivity index (χ0n) is 14.4. The highest BCUT2D eigenvalue weighted by Crippen LogP contribution is 2.41. The number of carbonyl (C=O) groups excluding carboxylic acids is 2. The molecule has 0 aliphatic heterocycles. The zero-order valence-corrected chi connectivity index (χ0v) is 14.4. The number of carbonyl (C=O) groups is 2. The summed E-state index contributed by atoms with van der Waals surface area (Å²) in [5.74, 6) is 0.194. The van der Waals surface area contributed by atoms with Crippen LogP contribution in [0.1, 0.15) is 43.0 Å². The van der Waals surface area contributed by atoms with Crippen LogP contribution in [0.2, 0.25) is 0 Å². The molecular formula is C20H23N3O2. The molecule has 1 aliphatic carbocycles. The third-order valence-corrected chi connectivity index (χ3v) is 4.39. The van der Waals surface area contributed by atoms with E-state index in [2.05, 4.69) is 15.6 Å². The number of nitrogens with zero attached hydrogens (tertiary/aromatic N) is 1. The van der Waals surface area contributed by atoms with Crippen LogP contribution in [-0.4, -0.2) is 16.8 Å². The second-order valence-electron chi connectivity index (χ2n) is 6.50. The van der Waals surface area contributed by atoms with Crippen molar-refractivity contribution < 1.29 is 9.59 Å². The average Bonchev–Trinajstić information content (AvgIpc) is 3.44. The summed E-state index contributed by atoms with van der Waals surface area (Å²) >= 11 is 0. The number of rotatable bonds is 7. The lowest BCUT2D eigenvalue weighted by Gasteiger charge is -2.19. The molecule has 0 spiro atoms. The third-order valence-electron chi connectivity index (χ3n) is 4.39. The van der Waals surface area contributed by atoms with Crippen LogP contribution in [0.25, 0.3) is 0 Å². The molecule has 5 heteroatoms. The summed E-state index contributed by atoms with van der Waals surface area (Å²) in [6.07, 6.45) is 4.31. The summed E-state index contributed by atoms with van der Waals surface area (Å²) in [7, 11) is 0. The molecule has 1 atom stereocenters. The van der Waals surface area contributed by atoms with Crippen molar-refractivity contribution in [2.75, 3.05) is 5.32 Å². The Morgan fingerprint density at radius 2 is 1.80 bits per heavy atom. The predicted octanol–water partition coefficient (Wildman–Crippen LogP) is 3.38. The maximum absolute atomic E-state index is 12.3. The van der Waals surface area contributed by atoms with Crippen LogP contribution in [0.5, 0.6) is 0 Å². The summed E-state index contributed by atoms with van der Waals surface area (Å²) in [4.78, 5) is 28.7. The molecule has 130 valence electrons. The van der Waals surface area contributed by atoms with Gasteiger partial charge in [-0.1, -0.05) is 24.3 Å². The topological polar surface area (TPSA) is 71.1 Å². The smallest absolute Gasteiger partial charge is 0.224 e. The molecule has 2 N–H and O–H groups in total. The highest BCUT2D eigenvalue weighted by Gasteiger charge is 2.34. The maximum Gasteiger partial charge on any atom is 0.224 e. The van der Waals surface area contributed by atoms with Gasteiger partial charge in [0.15, 0.2) is 0 Å². The lowest BCUT2D eigenvalue weighted by Crippen LogP contribution is -2.31. The van der Waals surface area contributed by atoms with Gasteiger partial charge in [-0.3, -0.25) is 14.6 Å². The molecule has 0 radical (unpaired) electrons. The van der Waals surface area contributed by atoms with Gasteiger partial charge in [-0.05, 0) is 49.4 Å². The molecule has 1 aromatic carbocycles. The van der Waals surface area contributed by atoms with Crippen molar-refractivity contribution in [1.82, 2.24) is 10.3 Å². The average molecular weight is 337 g/mol. The molecular weight excluding hydrogens is 314 g/mol. The molecule has 1 saturated carbocycles. The molecule has 1 aliphatic rings. The molecule has 5 nitrogen and oxygen atoms in total. The minimum atomic E-state index is -0.154. The molecule has 0 unspecified atom stereocenters. The fourth-order valence-electron chi connectivity index (χ4n) is 2.88. The second-order valence-corrected chi connectivity index (χ2v) is 6.50. The molecule has 2 amide bonds. The van der Waals surface area contributed by atoms with E-state index in [9.17, 15) is 9.59 Å². The first-order valence-electron chi connectivity index (χ1n) is 8.69. The predicted molar refractivity (Wildman–Crippen MR) is 96.9 cm³/mol. The van der Waals surface area contributed by atoms with E-state index in [0.717, 1.165) is 29.8 Å². The Kier molecular flexibility index (Phi) is 5.43. The monoisotopic (exact) mass is 337 g/mol. The number of hydrogen-bond acceptors (Lipinski definition) is 3. The number of aromatic nitrogens is 1. The van der Waals surface area contributed by atoms with Crippen LogP contribution in [-0.2, 0) is 9.59 Å². The van der Waals surface area contributed by atoms with Crippen LogP contribution in [0.4, 0.5) is 5.69 Å². The van der Waals surface area contributed by atoms with Crippen molar-refractivity contribution in [2.45, 2.75) is 38.6 Å². The van der Waals surface area contributed by atoms with Gasteiger partial charge in [0.2, 0.25) is 11.8 Å². The summed E-state index contributed by atoms with van der Waals surface area (Å²) in [6.45, 7) is 2.01. The van der Waals surface area contributed by atoms with Gasteiger partial charge in [0.05, 0.1) is 11.7 Å². The van der Waals surface area contributed by atoms with E-state index in [0.29, 0.717) is 5.92 Å². The molecule has 0 bridgehead atoms. The van der Waals surface area contributed by atoms with Gasteiger partial charge < -0.3 is 10.6 Å². The lowest BCUT2D eigenvalue weighted by atomic mass is 10.0. The number of pyridine rings is 1. The molecule has 1 heterocycles. The summed E-state index contributed by atoms with van der Waals surface area (Å²) < 4.78 is 0. The first-order chi connectivity index (χ1) is 12.1. The fourth-order valence-corrected chi connectivity index (χ4v) is 2.88. The Hall–Kier alpha value is -2.69. The van der Waals surface area contributed by atoms with Gasteiger partial charge >= 0.3 is 0 Å². The van der Waals surface area contributed by atoms with Crippen molar-refractivity contribution in [3.05, 3.63) is 59.9 Å². The second kappa shape index (κ2) is 7.92. The van der Waals surface area contributed by atoms with Gasteiger partial charge in [-0.25, -0.2) is 0 Å². The van der Waals surface area contributed by atoms with Gasteiger partial charge in [-0.2, -0.15) is 0 Å². The van der Waals surface area contributed by atoms with Gasteiger partial charge in [0, 0.05) is 24.7 Å². The Labute approximate surface area is 147 Å². The largest absolute Gasteiger partial charge is 0.347 e. The number of benzene rings is 1. The van der Waals surface area contributed by atoms with Gasteiger partial charge in [0.1, 0.15) is 0 Å². The van der Waals surface area contributed by atoms with Crippen LogP contribution in [0.15, 0.2) is 48.7 Å². The fraction of sp³-hybridized carbons (Fsp3) is 0.350. The van der Waals surface area contributed by atoms with E-state index in [1.54, 1.807) is 6.20 Å². The van der Waals surface area contributed by atoms with Gasteiger partial charge in [0.25, 0.3) is 0 Å². The molecule has 1 aromatic heterocycles. The van der Waals surface area contributed by atoms with Crippen molar-refractivity contribution in [2.24, 2.45) is 5.92 Å². The minimum Gasteiger partial charge on any atom is -0.347 e. The zero-order chi connectivity index (χ0) is 17.6. The van der Waals surface area contributed by atoms with Crippen LogP contribution >= 0.6 is 0 Å².